The van der Waals surface area contributed by atoms with Crippen LogP contribution >= 0.6 is 0 Å². The number of urea groups is 1. The largest absolute Gasteiger partial charge is 0.352 e. The number of para-hydroxylation sites is 1. The fourth-order valence-corrected chi connectivity index (χ4v) is 3.30. The van der Waals surface area contributed by atoms with Gasteiger partial charge in [0.2, 0.25) is 0 Å². The molecular formula is C19H23N5O3. The summed E-state index contributed by atoms with van der Waals surface area (Å²) >= 11 is 0. The van der Waals surface area contributed by atoms with Crippen LogP contribution in [0.15, 0.2) is 42.6 Å². The molecule has 8 heteroatoms. The lowest BCUT2D eigenvalue weighted by Crippen LogP contribution is -2.48. The fourth-order valence-electron chi connectivity index (χ4n) is 3.30. The first-order valence-corrected chi connectivity index (χ1v) is 9.02. The van der Waals surface area contributed by atoms with Crippen molar-refractivity contribution in [3.63, 3.8) is 0 Å². The maximum atomic E-state index is 12.1. The van der Waals surface area contributed by atoms with Crippen LogP contribution < -0.4 is 15.5 Å². The number of hydrogen-bond donors (Lipinski definition) is 2. The van der Waals surface area contributed by atoms with Crippen LogP contribution in [0.4, 0.5) is 22.0 Å². The van der Waals surface area contributed by atoms with E-state index in [1.165, 1.54) is 6.20 Å². The molecule has 1 aliphatic heterocycles. The van der Waals surface area contributed by atoms with Crippen molar-refractivity contribution in [2.24, 2.45) is 0 Å². The number of carbonyl (C=O) groups excluding carboxylic acids is 1. The third-order valence-electron chi connectivity index (χ3n) is 4.72. The number of nitrogens with one attached hydrogen (secondary N) is 2. The normalized spacial score (nSPS) is 16.6. The number of hydrogen-bond acceptors (Lipinski definition) is 5. The molecule has 1 saturated heterocycles. The second-order valence-corrected chi connectivity index (χ2v) is 6.63. The second kappa shape index (κ2) is 8.48. The van der Waals surface area contributed by atoms with Crippen molar-refractivity contribution >= 4 is 23.2 Å². The number of pyridine rings is 1. The van der Waals surface area contributed by atoms with Gasteiger partial charge in [-0.05, 0) is 44.4 Å². The van der Waals surface area contributed by atoms with Gasteiger partial charge in [-0.2, -0.15) is 0 Å². The average molecular weight is 369 g/mol. The van der Waals surface area contributed by atoms with Crippen LogP contribution in [0.1, 0.15) is 24.8 Å². The van der Waals surface area contributed by atoms with E-state index in [1.807, 2.05) is 30.3 Å². The molecule has 142 valence electrons. The van der Waals surface area contributed by atoms with Gasteiger partial charge in [0.25, 0.3) is 5.69 Å². The number of carbonyl (C=O) groups is 1. The van der Waals surface area contributed by atoms with Crippen LogP contribution in [-0.2, 0) is 0 Å². The Hall–Kier alpha value is -3.16. The molecule has 1 aromatic heterocycles. The molecule has 1 unspecified atom stereocenters. The van der Waals surface area contributed by atoms with Gasteiger partial charge in [0.1, 0.15) is 12.0 Å². The first-order valence-electron chi connectivity index (χ1n) is 9.02. The molecule has 2 heterocycles. The molecule has 1 aromatic carbocycles. The van der Waals surface area contributed by atoms with Gasteiger partial charge in [0.05, 0.1) is 4.92 Å². The van der Waals surface area contributed by atoms with Gasteiger partial charge in [0.15, 0.2) is 0 Å². The maximum Gasteiger partial charge on any atom is 0.319 e. The zero-order valence-electron chi connectivity index (χ0n) is 15.2. The molecule has 0 aliphatic carbocycles. The number of amides is 2. The molecular weight excluding hydrogens is 346 g/mol. The summed E-state index contributed by atoms with van der Waals surface area (Å²) in [6.45, 7) is 3.01. The minimum atomic E-state index is -0.421. The summed E-state index contributed by atoms with van der Waals surface area (Å²) in [6, 6.07) is 10.9. The van der Waals surface area contributed by atoms with Crippen LogP contribution in [0.25, 0.3) is 0 Å². The second-order valence-electron chi connectivity index (χ2n) is 6.63. The molecule has 2 amide bonds. The Morgan fingerprint density at radius 1 is 1.33 bits per heavy atom. The van der Waals surface area contributed by atoms with Crippen LogP contribution in [0.3, 0.4) is 0 Å². The predicted molar refractivity (Wildman–Crippen MR) is 104 cm³/mol. The van der Waals surface area contributed by atoms with E-state index in [1.54, 1.807) is 13.0 Å². The van der Waals surface area contributed by atoms with Crippen molar-refractivity contribution in [2.45, 2.75) is 32.2 Å². The van der Waals surface area contributed by atoms with E-state index < -0.39 is 4.92 Å². The number of anilines is 2. The summed E-state index contributed by atoms with van der Waals surface area (Å²) in [5.74, 6) is 0.716. The summed E-state index contributed by atoms with van der Waals surface area (Å²) in [5.41, 5.74) is 1.35. The van der Waals surface area contributed by atoms with Crippen molar-refractivity contribution in [3.8, 4) is 0 Å². The van der Waals surface area contributed by atoms with Gasteiger partial charge in [-0.3, -0.25) is 10.1 Å². The molecule has 1 fully saturated rings. The third-order valence-corrected chi connectivity index (χ3v) is 4.72. The van der Waals surface area contributed by atoms with E-state index in [4.69, 9.17) is 0 Å². The number of nitrogens with zero attached hydrogens (tertiary/aromatic N) is 3. The summed E-state index contributed by atoms with van der Waals surface area (Å²) in [7, 11) is 0. The lowest BCUT2D eigenvalue weighted by Gasteiger charge is -2.36. The number of benzene rings is 1. The van der Waals surface area contributed by atoms with Crippen LogP contribution in [-0.4, -0.2) is 35.1 Å². The molecule has 0 bridgehead atoms. The van der Waals surface area contributed by atoms with Gasteiger partial charge in [-0.15, -0.1) is 0 Å². The Kier molecular flexibility index (Phi) is 5.85. The van der Waals surface area contributed by atoms with Crippen molar-refractivity contribution in [2.75, 3.05) is 23.3 Å². The lowest BCUT2D eigenvalue weighted by atomic mass is 10.0. The minimum absolute atomic E-state index is 0.0210. The monoisotopic (exact) mass is 369 g/mol. The molecule has 8 nitrogen and oxygen atoms in total. The van der Waals surface area contributed by atoms with Gasteiger partial charge >= 0.3 is 6.03 Å². The molecule has 2 N–H and O–H groups in total. The van der Waals surface area contributed by atoms with Crippen LogP contribution in [0, 0.1) is 17.0 Å². The van der Waals surface area contributed by atoms with E-state index in [-0.39, 0.29) is 17.8 Å². The Bertz CT molecular complexity index is 812. The van der Waals surface area contributed by atoms with Gasteiger partial charge < -0.3 is 15.5 Å². The van der Waals surface area contributed by atoms with Crippen LogP contribution in [0.5, 0.6) is 0 Å². The Morgan fingerprint density at radius 2 is 2.11 bits per heavy atom. The SMILES string of the molecule is Cc1cc(N2CCCCC2CNC(=O)Nc2ccccc2)ncc1[N+](=O)[O-]. The summed E-state index contributed by atoms with van der Waals surface area (Å²) < 4.78 is 0. The highest BCUT2D eigenvalue weighted by Crippen LogP contribution is 2.26. The number of nitro groups is 1. The van der Waals surface area contributed by atoms with Crippen molar-refractivity contribution in [1.82, 2.24) is 10.3 Å². The first kappa shape index (κ1) is 18.6. The Balaban J connectivity index is 1.64. The van der Waals surface area contributed by atoms with E-state index >= 15 is 0 Å². The lowest BCUT2D eigenvalue weighted by molar-refractivity contribution is -0.385. The van der Waals surface area contributed by atoms with Gasteiger partial charge in [-0.1, -0.05) is 18.2 Å². The molecule has 1 aliphatic rings. The highest BCUT2D eigenvalue weighted by atomic mass is 16.6. The van der Waals surface area contributed by atoms with Crippen LogP contribution in [0.2, 0.25) is 0 Å². The number of aryl methyl sites for hydroxylation is 1. The minimum Gasteiger partial charge on any atom is -0.352 e. The summed E-state index contributed by atoms with van der Waals surface area (Å²) in [4.78, 5) is 29.1. The zero-order chi connectivity index (χ0) is 19.2. The van der Waals surface area contributed by atoms with E-state index in [0.717, 1.165) is 31.5 Å². The zero-order valence-corrected chi connectivity index (χ0v) is 15.2. The fraction of sp³-hybridized carbons (Fsp3) is 0.368. The van der Waals surface area contributed by atoms with Crippen molar-refractivity contribution in [1.29, 1.82) is 0 Å². The molecule has 3 rings (SSSR count). The van der Waals surface area contributed by atoms with E-state index in [9.17, 15) is 14.9 Å². The number of aromatic nitrogens is 1. The molecule has 0 spiro atoms. The molecule has 2 aromatic rings. The van der Waals surface area contributed by atoms with Crippen molar-refractivity contribution in [3.05, 3.63) is 58.3 Å². The first-order chi connectivity index (χ1) is 13.0. The highest BCUT2D eigenvalue weighted by Gasteiger charge is 2.25. The number of rotatable bonds is 5. The topological polar surface area (TPSA) is 100 Å². The Morgan fingerprint density at radius 3 is 2.81 bits per heavy atom. The predicted octanol–water partition coefficient (Wildman–Crippen LogP) is 3.48. The van der Waals surface area contributed by atoms with Crippen molar-refractivity contribution < 1.29 is 9.72 Å². The molecule has 0 radical (unpaired) electrons. The average Bonchev–Trinajstić information content (AvgIpc) is 2.67. The maximum absolute atomic E-state index is 12.1. The van der Waals surface area contributed by atoms with Gasteiger partial charge in [0, 0.05) is 30.4 Å². The Labute approximate surface area is 157 Å². The molecule has 27 heavy (non-hydrogen) atoms. The van der Waals surface area contributed by atoms with Gasteiger partial charge in [-0.25, -0.2) is 9.78 Å². The number of piperidine rings is 1. The summed E-state index contributed by atoms with van der Waals surface area (Å²) in [6.07, 6.45) is 4.36. The third kappa shape index (κ3) is 4.72. The summed E-state index contributed by atoms with van der Waals surface area (Å²) in [5, 5.41) is 16.7. The van der Waals surface area contributed by atoms with E-state index in [2.05, 4.69) is 20.5 Å². The standard InChI is InChI=1S/C19H23N5O3/c1-14-11-18(20-13-17(14)24(26)27)23-10-6-5-9-16(23)12-21-19(25)22-15-7-3-2-4-8-15/h2-4,7-8,11,13,16H,5-6,9-10,12H2,1H3,(H2,21,22,25). The van der Waals surface area contributed by atoms with E-state index in [0.29, 0.717) is 17.9 Å². The molecule has 0 saturated carbocycles. The highest BCUT2D eigenvalue weighted by molar-refractivity contribution is 5.89. The quantitative estimate of drug-likeness (QED) is 0.621. The molecule has 1 atom stereocenters. The smallest absolute Gasteiger partial charge is 0.319 e.